The maximum Gasteiger partial charge on any atom is 0.360 e. The van der Waals surface area contributed by atoms with Gasteiger partial charge in [0.1, 0.15) is 17.2 Å². The summed E-state index contributed by atoms with van der Waals surface area (Å²) in [4.78, 5) is 12.5. The fourth-order valence-electron chi connectivity index (χ4n) is 3.91. The first-order chi connectivity index (χ1) is 15.2. The molecule has 0 aliphatic rings. The maximum atomic E-state index is 12.5. The van der Waals surface area contributed by atoms with Gasteiger partial charge in [-0.05, 0) is 23.6 Å². The molecule has 0 atom stereocenters. The van der Waals surface area contributed by atoms with Gasteiger partial charge in [-0.25, -0.2) is 4.79 Å². The summed E-state index contributed by atoms with van der Waals surface area (Å²) >= 11 is 0. The molecule has 0 bridgehead atoms. The third-order valence-corrected chi connectivity index (χ3v) is 5.22. The first kappa shape index (κ1) is 20.1. The van der Waals surface area contributed by atoms with Crippen LogP contribution in [-0.2, 0) is 10.3 Å². The summed E-state index contributed by atoms with van der Waals surface area (Å²) in [5.41, 5.74) is 2.15. The molecule has 4 rings (SSSR count). The average Bonchev–Trinajstić information content (AvgIpc) is 3.27. The van der Waals surface area contributed by atoms with Crippen LogP contribution in [0.5, 0.6) is 0 Å². The van der Waals surface area contributed by atoms with Crippen LogP contribution in [0.15, 0.2) is 97.2 Å². The monoisotopic (exact) mass is 407 g/mol. The lowest BCUT2D eigenvalue weighted by atomic mass is 9.77. The van der Waals surface area contributed by atoms with Gasteiger partial charge in [-0.2, -0.15) is 10.4 Å². The molecule has 3 aromatic carbocycles. The quantitative estimate of drug-likeness (QED) is 0.341. The number of aromatic nitrogens is 2. The van der Waals surface area contributed by atoms with E-state index in [0.717, 1.165) is 16.7 Å². The van der Waals surface area contributed by atoms with Crippen LogP contribution in [0.3, 0.4) is 0 Å². The topological polar surface area (TPSA) is 67.9 Å². The Morgan fingerprint density at radius 3 is 1.74 bits per heavy atom. The van der Waals surface area contributed by atoms with Gasteiger partial charge in [0.05, 0.1) is 6.61 Å². The SMILES string of the molecule is CCOC(=O)c1nn(C(c2ccccc2)(c2ccccc2)c2ccccc2)cc1C#N. The number of benzene rings is 3. The standard InChI is InChI=1S/C26H21N3O2/c1-2-31-25(30)24-20(18-27)19-29(28-24)26(21-12-6-3-7-13-21,22-14-8-4-9-15-22)23-16-10-5-11-17-23/h3-17,19H,2H2,1H3. The highest BCUT2D eigenvalue weighted by Crippen LogP contribution is 2.40. The largest absolute Gasteiger partial charge is 0.461 e. The second-order valence-corrected chi connectivity index (χ2v) is 6.98. The smallest absolute Gasteiger partial charge is 0.360 e. The van der Waals surface area contributed by atoms with Crippen molar-refractivity contribution in [1.82, 2.24) is 9.78 Å². The summed E-state index contributed by atoms with van der Waals surface area (Å²) in [7, 11) is 0. The number of hydrogen-bond acceptors (Lipinski definition) is 4. The molecular formula is C26H21N3O2. The van der Waals surface area contributed by atoms with Crippen molar-refractivity contribution in [3.05, 3.63) is 125 Å². The maximum absolute atomic E-state index is 12.5. The zero-order chi connectivity index (χ0) is 21.7. The van der Waals surface area contributed by atoms with Crippen molar-refractivity contribution in [2.24, 2.45) is 0 Å². The van der Waals surface area contributed by atoms with E-state index in [1.165, 1.54) is 0 Å². The van der Waals surface area contributed by atoms with Crippen LogP contribution >= 0.6 is 0 Å². The summed E-state index contributed by atoms with van der Waals surface area (Å²) in [6, 6.07) is 31.9. The molecule has 5 heteroatoms. The van der Waals surface area contributed by atoms with Gasteiger partial charge in [0, 0.05) is 6.20 Å². The van der Waals surface area contributed by atoms with E-state index >= 15 is 0 Å². The first-order valence-corrected chi connectivity index (χ1v) is 10.1. The Morgan fingerprint density at radius 1 is 0.903 bits per heavy atom. The Kier molecular flexibility index (Phi) is 5.63. The zero-order valence-corrected chi connectivity index (χ0v) is 17.1. The summed E-state index contributed by atoms with van der Waals surface area (Å²) in [6.45, 7) is 1.93. The van der Waals surface area contributed by atoms with Gasteiger partial charge in [-0.3, -0.25) is 4.68 Å². The van der Waals surface area contributed by atoms with E-state index < -0.39 is 11.5 Å². The molecule has 0 N–H and O–H groups in total. The summed E-state index contributed by atoms with van der Waals surface area (Å²) < 4.78 is 6.85. The molecule has 0 unspecified atom stereocenters. The molecule has 31 heavy (non-hydrogen) atoms. The number of hydrogen-bond donors (Lipinski definition) is 0. The Bertz CT molecular complexity index is 1110. The molecule has 5 nitrogen and oxygen atoms in total. The molecule has 4 aromatic rings. The van der Waals surface area contributed by atoms with Crippen LogP contribution in [0.2, 0.25) is 0 Å². The third-order valence-electron chi connectivity index (χ3n) is 5.22. The molecule has 0 fully saturated rings. The van der Waals surface area contributed by atoms with E-state index in [1.54, 1.807) is 17.8 Å². The van der Waals surface area contributed by atoms with Crippen LogP contribution < -0.4 is 0 Å². The molecule has 0 aliphatic carbocycles. The molecule has 0 saturated heterocycles. The molecule has 1 heterocycles. The molecule has 0 spiro atoms. The van der Waals surface area contributed by atoms with Crippen molar-refractivity contribution in [2.75, 3.05) is 6.61 Å². The number of nitriles is 1. The summed E-state index contributed by atoms with van der Waals surface area (Å²) in [6.07, 6.45) is 1.62. The van der Waals surface area contributed by atoms with Crippen LogP contribution in [0, 0.1) is 11.3 Å². The van der Waals surface area contributed by atoms with Gasteiger partial charge in [-0.15, -0.1) is 0 Å². The van der Waals surface area contributed by atoms with Gasteiger partial charge in [0.2, 0.25) is 0 Å². The van der Waals surface area contributed by atoms with Crippen LogP contribution in [0.4, 0.5) is 0 Å². The van der Waals surface area contributed by atoms with Crippen molar-refractivity contribution >= 4 is 5.97 Å². The minimum atomic E-state index is -0.889. The minimum Gasteiger partial charge on any atom is -0.461 e. The lowest BCUT2D eigenvalue weighted by molar-refractivity contribution is 0.0517. The van der Waals surface area contributed by atoms with Gasteiger partial charge in [0.25, 0.3) is 0 Å². The van der Waals surface area contributed by atoms with Crippen molar-refractivity contribution in [3.8, 4) is 6.07 Å². The Morgan fingerprint density at radius 2 is 1.35 bits per heavy atom. The lowest BCUT2D eigenvalue weighted by Crippen LogP contribution is -2.38. The highest BCUT2D eigenvalue weighted by Gasteiger charge is 2.40. The Hall–Kier alpha value is -4.17. The third kappa shape index (κ3) is 3.49. The van der Waals surface area contributed by atoms with Crippen molar-refractivity contribution in [1.29, 1.82) is 5.26 Å². The highest BCUT2D eigenvalue weighted by atomic mass is 16.5. The highest BCUT2D eigenvalue weighted by molar-refractivity contribution is 5.90. The molecule has 152 valence electrons. The van der Waals surface area contributed by atoms with Gasteiger partial charge >= 0.3 is 5.97 Å². The van der Waals surface area contributed by atoms with Gasteiger partial charge in [-0.1, -0.05) is 91.0 Å². The van der Waals surface area contributed by atoms with Crippen molar-refractivity contribution in [2.45, 2.75) is 12.5 Å². The molecular weight excluding hydrogens is 386 g/mol. The van der Waals surface area contributed by atoms with Crippen LogP contribution in [0.1, 0.15) is 39.7 Å². The number of carbonyl (C=O) groups is 1. The normalized spacial score (nSPS) is 11.0. The fourth-order valence-corrected chi connectivity index (χ4v) is 3.91. The van der Waals surface area contributed by atoms with E-state index in [2.05, 4.69) is 11.2 Å². The number of rotatable bonds is 6. The Balaban J connectivity index is 2.09. The minimum absolute atomic E-state index is 0.0107. The Labute approximate surface area is 181 Å². The number of carbonyl (C=O) groups excluding carboxylic acids is 1. The lowest BCUT2D eigenvalue weighted by Gasteiger charge is -2.36. The van der Waals surface area contributed by atoms with E-state index in [4.69, 9.17) is 4.74 Å². The second kappa shape index (κ2) is 8.68. The molecule has 0 radical (unpaired) electrons. The van der Waals surface area contributed by atoms with Crippen molar-refractivity contribution < 1.29 is 9.53 Å². The number of esters is 1. The van der Waals surface area contributed by atoms with Crippen molar-refractivity contribution in [3.63, 3.8) is 0 Å². The molecule has 0 saturated carbocycles. The van der Waals surface area contributed by atoms with E-state index in [9.17, 15) is 10.1 Å². The zero-order valence-electron chi connectivity index (χ0n) is 17.1. The molecule has 0 amide bonds. The van der Waals surface area contributed by atoms with Gasteiger partial charge in [0.15, 0.2) is 5.69 Å². The number of ether oxygens (including phenoxy) is 1. The fraction of sp³-hybridized carbons (Fsp3) is 0.115. The van der Waals surface area contributed by atoms with Gasteiger partial charge < -0.3 is 4.74 Å². The van der Waals surface area contributed by atoms with Crippen LogP contribution in [0.25, 0.3) is 0 Å². The van der Waals surface area contributed by atoms with E-state index in [-0.39, 0.29) is 17.9 Å². The molecule has 1 aromatic heterocycles. The summed E-state index contributed by atoms with van der Waals surface area (Å²) in [5, 5.41) is 14.3. The molecule has 0 aliphatic heterocycles. The predicted molar refractivity (Wildman–Crippen MR) is 118 cm³/mol. The first-order valence-electron chi connectivity index (χ1n) is 10.1. The summed E-state index contributed by atoms with van der Waals surface area (Å²) in [5.74, 6) is -0.610. The number of nitrogens with zero attached hydrogens (tertiary/aromatic N) is 3. The second-order valence-electron chi connectivity index (χ2n) is 6.98. The predicted octanol–water partition coefficient (Wildman–Crippen LogP) is 4.77. The van der Waals surface area contributed by atoms with Crippen LogP contribution in [-0.4, -0.2) is 22.4 Å². The van der Waals surface area contributed by atoms with E-state index in [0.29, 0.717) is 0 Å². The average molecular weight is 407 g/mol. The van der Waals surface area contributed by atoms with E-state index in [1.807, 2.05) is 91.0 Å².